The van der Waals surface area contributed by atoms with Crippen molar-refractivity contribution >= 4 is 15.5 Å². The van der Waals surface area contributed by atoms with Crippen LogP contribution in [0.25, 0.3) is 0 Å². The highest BCUT2D eigenvalue weighted by Gasteiger charge is 2.07. The molecule has 1 aromatic rings. The van der Waals surface area contributed by atoms with Gasteiger partial charge >= 0.3 is 0 Å². The summed E-state index contributed by atoms with van der Waals surface area (Å²) in [5.74, 6) is 0.224. The van der Waals surface area contributed by atoms with Crippen molar-refractivity contribution in [1.29, 1.82) is 0 Å². The average Bonchev–Trinajstić information content (AvgIpc) is 2.27. The van der Waals surface area contributed by atoms with Gasteiger partial charge in [0.25, 0.3) is 0 Å². The predicted octanol–water partition coefficient (Wildman–Crippen LogP) is 1.02. The Kier molecular flexibility index (Phi) is 4.96. The van der Waals surface area contributed by atoms with Gasteiger partial charge in [0, 0.05) is 32.1 Å². The van der Waals surface area contributed by atoms with E-state index in [-0.39, 0.29) is 5.75 Å². The summed E-state index contributed by atoms with van der Waals surface area (Å²) in [5.41, 5.74) is 7.81. The molecule has 2 N–H and O–H groups in total. The predicted molar refractivity (Wildman–Crippen MR) is 71.9 cm³/mol. The van der Waals surface area contributed by atoms with Crippen molar-refractivity contribution in [2.24, 2.45) is 5.73 Å². The Labute approximate surface area is 103 Å². The first-order valence-corrected chi connectivity index (χ1v) is 7.67. The Morgan fingerprint density at radius 3 is 2.53 bits per heavy atom. The molecule has 0 fully saturated rings. The second-order valence-corrected chi connectivity index (χ2v) is 6.50. The lowest BCUT2D eigenvalue weighted by molar-refractivity contribution is 0.599. The molecule has 0 radical (unpaired) electrons. The Hall–Kier alpha value is -1.07. The van der Waals surface area contributed by atoms with Gasteiger partial charge in [-0.05, 0) is 18.1 Å². The van der Waals surface area contributed by atoms with E-state index in [2.05, 4.69) is 0 Å². The van der Waals surface area contributed by atoms with E-state index in [9.17, 15) is 8.42 Å². The lowest BCUT2D eigenvalue weighted by Crippen LogP contribution is -2.22. The number of hydrogen-bond donors (Lipinski definition) is 1. The second kappa shape index (κ2) is 6.02. The molecule has 1 aromatic carbocycles. The standard InChI is InChI=1S/C12H20N2O2S/c1-14(8-5-9-17(2,15)16)12-7-4-3-6-11(12)10-13/h3-4,6-7H,5,8-10,13H2,1-2H3. The Morgan fingerprint density at radius 1 is 1.29 bits per heavy atom. The minimum absolute atomic E-state index is 0.224. The Morgan fingerprint density at radius 2 is 1.94 bits per heavy atom. The summed E-state index contributed by atoms with van der Waals surface area (Å²) in [4.78, 5) is 2.05. The van der Waals surface area contributed by atoms with Crippen LogP contribution in [0.1, 0.15) is 12.0 Å². The molecular formula is C12H20N2O2S. The molecule has 0 aliphatic carbocycles. The second-order valence-electron chi connectivity index (χ2n) is 4.24. The molecule has 0 unspecified atom stereocenters. The van der Waals surface area contributed by atoms with E-state index in [1.807, 2.05) is 36.2 Å². The lowest BCUT2D eigenvalue weighted by Gasteiger charge is -2.21. The molecule has 0 bridgehead atoms. The minimum Gasteiger partial charge on any atom is -0.374 e. The zero-order chi connectivity index (χ0) is 12.9. The summed E-state index contributed by atoms with van der Waals surface area (Å²) in [6.45, 7) is 1.21. The van der Waals surface area contributed by atoms with Gasteiger partial charge in [-0.1, -0.05) is 18.2 Å². The highest BCUT2D eigenvalue weighted by molar-refractivity contribution is 7.90. The third kappa shape index (κ3) is 4.75. The van der Waals surface area contributed by atoms with E-state index in [0.717, 1.165) is 11.3 Å². The van der Waals surface area contributed by atoms with Crippen LogP contribution in [-0.4, -0.2) is 34.0 Å². The van der Waals surface area contributed by atoms with Crippen molar-refractivity contribution in [2.75, 3.05) is 30.5 Å². The molecule has 1 rings (SSSR count). The van der Waals surface area contributed by atoms with Crippen molar-refractivity contribution in [3.63, 3.8) is 0 Å². The van der Waals surface area contributed by atoms with E-state index in [4.69, 9.17) is 5.73 Å². The maximum absolute atomic E-state index is 11.0. The van der Waals surface area contributed by atoms with Gasteiger partial charge in [-0.15, -0.1) is 0 Å². The molecular weight excluding hydrogens is 236 g/mol. The molecule has 0 heterocycles. The van der Waals surface area contributed by atoms with Crippen LogP contribution in [0.15, 0.2) is 24.3 Å². The average molecular weight is 256 g/mol. The number of benzene rings is 1. The van der Waals surface area contributed by atoms with E-state index >= 15 is 0 Å². The molecule has 0 aromatic heterocycles. The maximum Gasteiger partial charge on any atom is 0.147 e. The largest absolute Gasteiger partial charge is 0.374 e. The number of hydrogen-bond acceptors (Lipinski definition) is 4. The van der Waals surface area contributed by atoms with Gasteiger partial charge in [0.05, 0.1) is 5.75 Å². The summed E-state index contributed by atoms with van der Waals surface area (Å²) in [5, 5.41) is 0. The molecule has 0 saturated heterocycles. The first kappa shape index (κ1) is 14.0. The van der Waals surface area contributed by atoms with Crippen molar-refractivity contribution in [2.45, 2.75) is 13.0 Å². The molecule has 0 amide bonds. The van der Waals surface area contributed by atoms with Crippen LogP contribution in [0.5, 0.6) is 0 Å². The summed E-state index contributed by atoms with van der Waals surface area (Å²) in [7, 11) is -0.914. The van der Waals surface area contributed by atoms with Crippen LogP contribution in [0, 0.1) is 0 Å². The fourth-order valence-electron chi connectivity index (χ4n) is 1.74. The van der Waals surface area contributed by atoms with Crippen LogP contribution in [0.4, 0.5) is 5.69 Å². The molecule has 96 valence electrons. The third-order valence-corrected chi connectivity index (χ3v) is 3.66. The van der Waals surface area contributed by atoms with Crippen LogP contribution in [-0.2, 0) is 16.4 Å². The zero-order valence-corrected chi connectivity index (χ0v) is 11.2. The van der Waals surface area contributed by atoms with E-state index < -0.39 is 9.84 Å². The number of para-hydroxylation sites is 1. The summed E-state index contributed by atoms with van der Waals surface area (Å²) >= 11 is 0. The number of nitrogens with two attached hydrogens (primary N) is 1. The topological polar surface area (TPSA) is 63.4 Å². The first-order valence-electron chi connectivity index (χ1n) is 5.61. The summed E-state index contributed by atoms with van der Waals surface area (Å²) < 4.78 is 22.1. The van der Waals surface area contributed by atoms with E-state index in [0.29, 0.717) is 19.5 Å². The monoisotopic (exact) mass is 256 g/mol. The van der Waals surface area contributed by atoms with Crippen molar-refractivity contribution in [3.05, 3.63) is 29.8 Å². The fourth-order valence-corrected chi connectivity index (χ4v) is 2.39. The lowest BCUT2D eigenvalue weighted by atomic mass is 10.1. The van der Waals surface area contributed by atoms with Gasteiger partial charge in [-0.3, -0.25) is 0 Å². The summed E-state index contributed by atoms with van der Waals surface area (Å²) in [6.07, 6.45) is 1.90. The van der Waals surface area contributed by atoms with Crippen molar-refractivity contribution in [1.82, 2.24) is 0 Å². The maximum atomic E-state index is 11.0. The number of rotatable bonds is 6. The van der Waals surface area contributed by atoms with Gasteiger partial charge < -0.3 is 10.6 Å². The van der Waals surface area contributed by atoms with Crippen LogP contribution in [0.3, 0.4) is 0 Å². The van der Waals surface area contributed by atoms with Gasteiger partial charge in [0.2, 0.25) is 0 Å². The fraction of sp³-hybridized carbons (Fsp3) is 0.500. The normalized spacial score (nSPS) is 11.5. The number of anilines is 1. The molecule has 0 aliphatic heterocycles. The zero-order valence-electron chi connectivity index (χ0n) is 10.4. The summed E-state index contributed by atoms with van der Waals surface area (Å²) in [6, 6.07) is 7.91. The van der Waals surface area contributed by atoms with Crippen molar-refractivity contribution in [3.8, 4) is 0 Å². The minimum atomic E-state index is -2.87. The molecule has 17 heavy (non-hydrogen) atoms. The van der Waals surface area contributed by atoms with E-state index in [1.54, 1.807) is 0 Å². The van der Waals surface area contributed by atoms with Gasteiger partial charge in [0.1, 0.15) is 9.84 Å². The molecule has 0 saturated carbocycles. The van der Waals surface area contributed by atoms with Gasteiger partial charge in [-0.25, -0.2) is 8.42 Å². The highest BCUT2D eigenvalue weighted by Crippen LogP contribution is 2.18. The molecule has 0 spiro atoms. The molecule has 5 heteroatoms. The van der Waals surface area contributed by atoms with Gasteiger partial charge in [-0.2, -0.15) is 0 Å². The van der Waals surface area contributed by atoms with Crippen LogP contribution in [0.2, 0.25) is 0 Å². The molecule has 4 nitrogen and oxygen atoms in total. The van der Waals surface area contributed by atoms with Gasteiger partial charge in [0.15, 0.2) is 0 Å². The molecule has 0 atom stereocenters. The number of sulfone groups is 1. The third-order valence-electron chi connectivity index (χ3n) is 2.63. The number of nitrogens with zero attached hydrogens (tertiary/aromatic N) is 1. The quantitative estimate of drug-likeness (QED) is 0.825. The van der Waals surface area contributed by atoms with Crippen molar-refractivity contribution < 1.29 is 8.42 Å². The SMILES string of the molecule is CN(CCCS(C)(=O)=O)c1ccccc1CN. The Balaban J connectivity index is 2.61. The highest BCUT2D eigenvalue weighted by atomic mass is 32.2. The smallest absolute Gasteiger partial charge is 0.147 e. The Bertz CT molecular complexity index is 457. The van der Waals surface area contributed by atoms with E-state index in [1.165, 1.54) is 6.26 Å². The van der Waals surface area contributed by atoms with Crippen LogP contribution >= 0.6 is 0 Å². The molecule has 0 aliphatic rings. The first-order chi connectivity index (χ1) is 7.94. The van der Waals surface area contributed by atoms with Crippen LogP contribution < -0.4 is 10.6 Å².